The van der Waals surface area contributed by atoms with Crippen molar-refractivity contribution in [3.8, 4) is 0 Å². The van der Waals surface area contributed by atoms with Crippen LogP contribution in [-0.2, 0) is 20.8 Å². The number of nitrogens with one attached hydrogen (secondary N) is 2. The summed E-state index contributed by atoms with van der Waals surface area (Å²) in [6, 6.07) is 6.35. The van der Waals surface area contributed by atoms with Crippen molar-refractivity contribution in [3.63, 3.8) is 0 Å². The van der Waals surface area contributed by atoms with E-state index in [1.165, 1.54) is 16.5 Å². The van der Waals surface area contributed by atoms with Crippen LogP contribution in [0.1, 0.15) is 51.2 Å². The van der Waals surface area contributed by atoms with Crippen LogP contribution in [0.25, 0.3) is 10.9 Å². The lowest BCUT2D eigenvalue weighted by Gasteiger charge is -2.34. The predicted octanol–water partition coefficient (Wildman–Crippen LogP) is 3.02. The number of nitrogens with zero attached hydrogens (tertiary/aromatic N) is 2. The quantitative estimate of drug-likeness (QED) is 0.731. The number of likely N-dealkylation sites (tertiary alicyclic amines) is 2. The van der Waals surface area contributed by atoms with Crippen LogP contribution >= 0.6 is 0 Å². The first-order valence-corrected chi connectivity index (χ1v) is 12.1. The number of aryl methyl sites for hydroxylation is 1. The monoisotopic (exact) mass is 452 g/mol. The van der Waals surface area contributed by atoms with Crippen molar-refractivity contribution in [1.82, 2.24) is 20.1 Å². The Morgan fingerprint density at radius 3 is 2.55 bits per heavy atom. The molecule has 0 saturated carbocycles. The Morgan fingerprint density at radius 1 is 1.15 bits per heavy atom. The Morgan fingerprint density at radius 2 is 1.88 bits per heavy atom. The lowest BCUT2D eigenvalue weighted by molar-refractivity contribution is -0.139. The molecule has 0 spiro atoms. The second-order valence-corrected chi connectivity index (χ2v) is 10.6. The van der Waals surface area contributed by atoms with Crippen LogP contribution < -0.4 is 5.32 Å². The minimum atomic E-state index is -0.262. The summed E-state index contributed by atoms with van der Waals surface area (Å²) in [5, 5.41) is 4.30. The number of carbonyl (C=O) groups is 3. The average Bonchev–Trinajstić information content (AvgIpc) is 3.36. The van der Waals surface area contributed by atoms with E-state index in [9.17, 15) is 14.4 Å². The Bertz CT molecular complexity index is 1040. The molecule has 0 radical (unpaired) electrons. The zero-order valence-corrected chi connectivity index (χ0v) is 20.2. The zero-order chi connectivity index (χ0) is 23.8. The number of hydrogen-bond acceptors (Lipinski definition) is 3. The molecule has 0 aliphatic carbocycles. The first-order chi connectivity index (χ1) is 15.6. The molecule has 3 heterocycles. The third-order valence-electron chi connectivity index (χ3n) is 7.08. The molecule has 2 fully saturated rings. The van der Waals surface area contributed by atoms with Gasteiger partial charge in [-0.3, -0.25) is 14.4 Å². The number of aromatic amines is 1. The molecule has 7 nitrogen and oxygen atoms in total. The Hall–Kier alpha value is -2.83. The third kappa shape index (κ3) is 5.07. The molecule has 2 aromatic rings. The number of piperidine rings is 1. The van der Waals surface area contributed by atoms with Crippen LogP contribution in [-0.4, -0.2) is 64.2 Å². The van der Waals surface area contributed by atoms with Gasteiger partial charge in [0.05, 0.1) is 5.92 Å². The maximum Gasteiger partial charge on any atom is 0.227 e. The van der Waals surface area contributed by atoms with Gasteiger partial charge in [0.15, 0.2) is 0 Å². The summed E-state index contributed by atoms with van der Waals surface area (Å²) >= 11 is 0. The molecule has 2 N–H and O–H groups in total. The molecule has 0 bridgehead atoms. The molecule has 4 rings (SSSR count). The van der Waals surface area contributed by atoms with Gasteiger partial charge in [-0.15, -0.1) is 0 Å². The highest BCUT2D eigenvalue weighted by atomic mass is 16.2. The number of amides is 3. The van der Waals surface area contributed by atoms with Crippen molar-refractivity contribution in [2.24, 2.45) is 11.8 Å². The Labute approximate surface area is 195 Å². The van der Waals surface area contributed by atoms with Crippen LogP contribution in [0.3, 0.4) is 0 Å². The van der Waals surface area contributed by atoms with Crippen molar-refractivity contribution >= 4 is 28.6 Å². The van der Waals surface area contributed by atoms with E-state index in [4.69, 9.17) is 0 Å². The third-order valence-corrected chi connectivity index (χ3v) is 7.08. The fourth-order valence-corrected chi connectivity index (χ4v) is 5.11. The van der Waals surface area contributed by atoms with Crippen molar-refractivity contribution in [3.05, 3.63) is 35.5 Å². The molecule has 2 aliphatic heterocycles. The molecule has 33 heavy (non-hydrogen) atoms. The number of rotatable bonds is 5. The van der Waals surface area contributed by atoms with E-state index in [2.05, 4.69) is 35.4 Å². The van der Waals surface area contributed by atoms with Crippen LogP contribution in [0.5, 0.6) is 0 Å². The molecule has 1 unspecified atom stereocenters. The molecule has 1 aromatic heterocycles. The van der Waals surface area contributed by atoms with E-state index in [1.54, 1.807) is 0 Å². The summed E-state index contributed by atoms with van der Waals surface area (Å²) in [6.45, 7) is 10.4. The van der Waals surface area contributed by atoms with Gasteiger partial charge in [-0.05, 0) is 64.7 Å². The summed E-state index contributed by atoms with van der Waals surface area (Å²) in [4.78, 5) is 45.0. The first-order valence-electron chi connectivity index (χ1n) is 12.1. The summed E-state index contributed by atoms with van der Waals surface area (Å²) in [5.74, 6) is -0.130. The lowest BCUT2D eigenvalue weighted by atomic mass is 9.94. The molecule has 1 atom stereocenters. The predicted molar refractivity (Wildman–Crippen MR) is 129 cm³/mol. The van der Waals surface area contributed by atoms with E-state index in [0.29, 0.717) is 45.4 Å². The van der Waals surface area contributed by atoms with Crippen LogP contribution in [0.4, 0.5) is 0 Å². The van der Waals surface area contributed by atoms with Crippen LogP contribution in [0.2, 0.25) is 0 Å². The summed E-state index contributed by atoms with van der Waals surface area (Å²) in [6.07, 6.45) is 4.45. The summed E-state index contributed by atoms with van der Waals surface area (Å²) in [7, 11) is 0. The molecule has 2 aliphatic rings. The second kappa shape index (κ2) is 9.20. The topological polar surface area (TPSA) is 85.5 Å². The molecule has 3 amide bonds. The number of fused-ring (bicyclic) bond motifs is 1. The van der Waals surface area contributed by atoms with Gasteiger partial charge in [-0.25, -0.2) is 0 Å². The minimum absolute atomic E-state index is 0.0560. The second-order valence-electron chi connectivity index (χ2n) is 10.6. The minimum Gasteiger partial charge on any atom is -0.361 e. The van der Waals surface area contributed by atoms with Gasteiger partial charge in [-0.1, -0.05) is 11.6 Å². The number of H-pyrrole nitrogens is 1. The van der Waals surface area contributed by atoms with E-state index < -0.39 is 0 Å². The highest BCUT2D eigenvalue weighted by Gasteiger charge is 2.41. The van der Waals surface area contributed by atoms with Crippen LogP contribution in [0, 0.1) is 18.8 Å². The number of aromatic nitrogens is 1. The fourth-order valence-electron chi connectivity index (χ4n) is 5.11. The zero-order valence-electron chi connectivity index (χ0n) is 20.2. The van der Waals surface area contributed by atoms with Gasteiger partial charge >= 0.3 is 0 Å². The highest BCUT2D eigenvalue weighted by molar-refractivity contribution is 5.90. The van der Waals surface area contributed by atoms with E-state index >= 15 is 0 Å². The maximum atomic E-state index is 13.0. The molecule has 2 saturated heterocycles. The van der Waals surface area contributed by atoms with Crippen molar-refractivity contribution in [2.45, 2.75) is 58.9 Å². The molecule has 7 heteroatoms. The Kier molecular flexibility index (Phi) is 6.50. The average molecular weight is 453 g/mol. The largest absolute Gasteiger partial charge is 0.361 e. The molecule has 1 aromatic carbocycles. The molecular weight excluding hydrogens is 416 g/mol. The number of benzene rings is 1. The van der Waals surface area contributed by atoms with E-state index in [1.807, 2.05) is 36.8 Å². The van der Waals surface area contributed by atoms with Crippen molar-refractivity contribution in [1.29, 1.82) is 0 Å². The van der Waals surface area contributed by atoms with Gasteiger partial charge in [0.1, 0.15) is 0 Å². The van der Waals surface area contributed by atoms with Gasteiger partial charge in [0.25, 0.3) is 0 Å². The smallest absolute Gasteiger partial charge is 0.227 e. The first kappa shape index (κ1) is 23.3. The summed E-state index contributed by atoms with van der Waals surface area (Å²) < 4.78 is 0. The standard InChI is InChI=1S/C26H36N4O3/c1-17-5-6-22-21(13-17)19(15-28-22)7-10-27-24(32)18-8-11-29(12-9-18)25(33)20-14-23(31)30(16-20)26(2,3)4/h5-6,13,15,18,20,28H,7-12,14,16H2,1-4H3,(H,27,32). The van der Waals surface area contributed by atoms with Gasteiger partial charge in [0.2, 0.25) is 17.7 Å². The van der Waals surface area contributed by atoms with Crippen LogP contribution in [0.15, 0.2) is 24.4 Å². The molecule has 178 valence electrons. The SMILES string of the molecule is Cc1ccc2[nH]cc(CCNC(=O)C3CCN(C(=O)C4CC(=O)N(C(C)(C)C)C4)CC3)c2c1. The fraction of sp³-hybridized carbons (Fsp3) is 0.577. The number of carbonyl (C=O) groups excluding carboxylic acids is 3. The van der Waals surface area contributed by atoms with Crippen molar-refractivity contribution < 1.29 is 14.4 Å². The number of hydrogen-bond donors (Lipinski definition) is 2. The van der Waals surface area contributed by atoms with E-state index in [-0.39, 0.29) is 35.1 Å². The van der Waals surface area contributed by atoms with Gasteiger partial charge in [-0.2, -0.15) is 0 Å². The van der Waals surface area contributed by atoms with Gasteiger partial charge < -0.3 is 20.1 Å². The van der Waals surface area contributed by atoms with Gasteiger partial charge in [0, 0.05) is 61.2 Å². The highest BCUT2D eigenvalue weighted by Crippen LogP contribution is 2.28. The maximum absolute atomic E-state index is 13.0. The Balaban J connectivity index is 1.23. The molecular formula is C26H36N4O3. The van der Waals surface area contributed by atoms with Crippen molar-refractivity contribution in [2.75, 3.05) is 26.2 Å². The normalized spacial score (nSPS) is 20.0. The lowest BCUT2D eigenvalue weighted by Crippen LogP contribution is -2.46. The van der Waals surface area contributed by atoms with E-state index in [0.717, 1.165) is 11.9 Å². The summed E-state index contributed by atoms with van der Waals surface area (Å²) in [5.41, 5.74) is 3.29.